The van der Waals surface area contributed by atoms with Crippen LogP contribution in [0.5, 0.6) is 0 Å². The monoisotopic (exact) mass is 267 g/mol. The van der Waals surface area contributed by atoms with Gasteiger partial charge in [-0.15, -0.1) is 0 Å². The SMILES string of the molecule is O=C(Nc1ccc2nccnc2c1)c1ccc(=O)[nH]n1. The average molecular weight is 267 g/mol. The number of carbonyl (C=O) groups excluding carboxylic acids is 1. The topological polar surface area (TPSA) is 101 Å². The number of anilines is 1. The summed E-state index contributed by atoms with van der Waals surface area (Å²) in [5.74, 6) is -0.413. The molecular weight excluding hydrogens is 258 g/mol. The normalized spacial score (nSPS) is 10.4. The van der Waals surface area contributed by atoms with Crippen LogP contribution in [0.3, 0.4) is 0 Å². The summed E-state index contributed by atoms with van der Waals surface area (Å²) in [6.07, 6.45) is 3.18. The maximum absolute atomic E-state index is 11.9. The Balaban J connectivity index is 1.87. The number of hydrogen-bond acceptors (Lipinski definition) is 5. The molecule has 1 aromatic carbocycles. The van der Waals surface area contributed by atoms with Crippen molar-refractivity contribution < 1.29 is 4.79 Å². The first-order valence-corrected chi connectivity index (χ1v) is 5.80. The molecule has 0 aliphatic carbocycles. The van der Waals surface area contributed by atoms with E-state index in [1.165, 1.54) is 12.1 Å². The van der Waals surface area contributed by atoms with Gasteiger partial charge >= 0.3 is 0 Å². The Bertz CT molecular complexity index is 823. The van der Waals surface area contributed by atoms with E-state index in [2.05, 4.69) is 25.5 Å². The molecule has 0 saturated carbocycles. The van der Waals surface area contributed by atoms with Crippen LogP contribution in [-0.2, 0) is 0 Å². The largest absolute Gasteiger partial charge is 0.321 e. The van der Waals surface area contributed by atoms with Gasteiger partial charge in [0.25, 0.3) is 11.5 Å². The van der Waals surface area contributed by atoms with Gasteiger partial charge in [-0.1, -0.05) is 0 Å². The molecule has 2 aromatic heterocycles. The number of H-pyrrole nitrogens is 1. The lowest BCUT2D eigenvalue weighted by molar-refractivity contribution is 0.102. The van der Waals surface area contributed by atoms with Crippen molar-refractivity contribution in [3.8, 4) is 0 Å². The van der Waals surface area contributed by atoms with Crippen molar-refractivity contribution in [1.29, 1.82) is 0 Å². The molecule has 7 heteroatoms. The van der Waals surface area contributed by atoms with Crippen LogP contribution in [0.1, 0.15) is 10.5 Å². The standard InChI is InChI=1S/C13H9N5O2/c19-12-4-3-10(17-18-12)13(20)16-8-1-2-9-11(7-8)15-6-5-14-9/h1-7H,(H,16,20)(H,18,19). The van der Waals surface area contributed by atoms with E-state index in [0.29, 0.717) is 11.2 Å². The number of benzene rings is 1. The van der Waals surface area contributed by atoms with Crippen molar-refractivity contribution >= 4 is 22.6 Å². The summed E-state index contributed by atoms with van der Waals surface area (Å²) in [7, 11) is 0. The van der Waals surface area contributed by atoms with Crippen LogP contribution >= 0.6 is 0 Å². The van der Waals surface area contributed by atoms with Gasteiger partial charge in [-0.2, -0.15) is 5.10 Å². The maximum Gasteiger partial charge on any atom is 0.276 e. The fraction of sp³-hybridized carbons (Fsp3) is 0. The number of carbonyl (C=O) groups is 1. The van der Waals surface area contributed by atoms with E-state index in [-0.39, 0.29) is 11.3 Å². The first-order chi connectivity index (χ1) is 9.72. The molecule has 0 spiro atoms. The zero-order chi connectivity index (χ0) is 13.9. The number of amides is 1. The van der Waals surface area contributed by atoms with Gasteiger partial charge in [-0.05, 0) is 24.3 Å². The summed E-state index contributed by atoms with van der Waals surface area (Å²) >= 11 is 0. The summed E-state index contributed by atoms with van der Waals surface area (Å²) in [5.41, 5.74) is 1.77. The third kappa shape index (κ3) is 2.37. The Hall–Kier alpha value is -3.09. The molecule has 3 rings (SSSR count). The zero-order valence-corrected chi connectivity index (χ0v) is 10.2. The van der Waals surface area contributed by atoms with E-state index in [9.17, 15) is 9.59 Å². The quantitative estimate of drug-likeness (QED) is 0.720. The second kappa shape index (κ2) is 4.88. The molecule has 0 aliphatic heterocycles. The summed E-state index contributed by atoms with van der Waals surface area (Å²) in [6, 6.07) is 7.80. The molecule has 2 heterocycles. The van der Waals surface area contributed by atoms with Gasteiger partial charge in [0.2, 0.25) is 0 Å². The van der Waals surface area contributed by atoms with Crippen LogP contribution < -0.4 is 10.9 Å². The minimum absolute atomic E-state index is 0.129. The van der Waals surface area contributed by atoms with E-state index in [1.807, 2.05) is 0 Å². The van der Waals surface area contributed by atoms with Crippen molar-refractivity contribution in [2.75, 3.05) is 5.32 Å². The van der Waals surface area contributed by atoms with Gasteiger partial charge in [0.1, 0.15) is 5.69 Å². The van der Waals surface area contributed by atoms with Crippen molar-refractivity contribution in [3.63, 3.8) is 0 Å². The fourth-order valence-corrected chi connectivity index (χ4v) is 1.71. The lowest BCUT2D eigenvalue weighted by Crippen LogP contribution is -2.17. The third-order valence-electron chi connectivity index (χ3n) is 2.64. The van der Waals surface area contributed by atoms with Gasteiger partial charge in [0.05, 0.1) is 11.0 Å². The number of nitrogens with zero attached hydrogens (tertiary/aromatic N) is 3. The first kappa shape index (κ1) is 12.0. The Morgan fingerprint density at radius 1 is 1.05 bits per heavy atom. The molecule has 0 saturated heterocycles. The Labute approximate surface area is 112 Å². The molecule has 98 valence electrons. The number of rotatable bonds is 2. The molecule has 0 radical (unpaired) electrons. The molecule has 0 atom stereocenters. The van der Waals surface area contributed by atoms with E-state index in [0.717, 1.165) is 5.52 Å². The summed E-state index contributed by atoms with van der Waals surface area (Å²) in [4.78, 5) is 31.1. The first-order valence-electron chi connectivity index (χ1n) is 5.80. The molecule has 20 heavy (non-hydrogen) atoms. The van der Waals surface area contributed by atoms with Crippen molar-refractivity contribution in [1.82, 2.24) is 20.2 Å². The molecule has 0 bridgehead atoms. The smallest absolute Gasteiger partial charge is 0.276 e. The fourth-order valence-electron chi connectivity index (χ4n) is 1.71. The lowest BCUT2D eigenvalue weighted by atomic mass is 10.2. The van der Waals surface area contributed by atoms with Gasteiger partial charge in [0.15, 0.2) is 0 Å². The second-order valence-electron chi connectivity index (χ2n) is 4.02. The van der Waals surface area contributed by atoms with Crippen LogP contribution in [0.25, 0.3) is 11.0 Å². The third-order valence-corrected chi connectivity index (χ3v) is 2.64. The Morgan fingerprint density at radius 3 is 2.60 bits per heavy atom. The van der Waals surface area contributed by atoms with Crippen LogP contribution in [-0.4, -0.2) is 26.1 Å². The minimum Gasteiger partial charge on any atom is -0.321 e. The Morgan fingerprint density at radius 2 is 1.85 bits per heavy atom. The maximum atomic E-state index is 11.9. The highest BCUT2D eigenvalue weighted by Gasteiger charge is 2.08. The summed E-state index contributed by atoms with van der Waals surface area (Å²) in [6.45, 7) is 0. The number of nitrogens with one attached hydrogen (secondary N) is 2. The van der Waals surface area contributed by atoms with E-state index in [1.54, 1.807) is 30.6 Å². The van der Waals surface area contributed by atoms with E-state index < -0.39 is 5.91 Å². The summed E-state index contributed by atoms with van der Waals surface area (Å²) < 4.78 is 0. The second-order valence-corrected chi connectivity index (χ2v) is 4.02. The number of aromatic amines is 1. The highest BCUT2D eigenvalue weighted by molar-refractivity contribution is 6.03. The molecule has 7 nitrogen and oxygen atoms in total. The Kier molecular flexibility index (Phi) is 2.92. The highest BCUT2D eigenvalue weighted by atomic mass is 16.2. The van der Waals surface area contributed by atoms with Crippen LogP contribution in [0.2, 0.25) is 0 Å². The van der Waals surface area contributed by atoms with Crippen LogP contribution in [0, 0.1) is 0 Å². The average Bonchev–Trinajstić information content (AvgIpc) is 2.48. The van der Waals surface area contributed by atoms with Crippen LogP contribution in [0.15, 0.2) is 47.5 Å². The number of hydrogen-bond donors (Lipinski definition) is 2. The molecule has 0 fully saturated rings. The lowest BCUT2D eigenvalue weighted by Gasteiger charge is -2.04. The molecule has 3 aromatic rings. The van der Waals surface area contributed by atoms with Crippen LogP contribution in [0.4, 0.5) is 5.69 Å². The summed E-state index contributed by atoms with van der Waals surface area (Å²) in [5, 5.41) is 8.55. The van der Waals surface area contributed by atoms with Crippen molar-refractivity contribution in [2.45, 2.75) is 0 Å². The zero-order valence-electron chi connectivity index (χ0n) is 10.2. The molecular formula is C13H9N5O2. The number of fused-ring (bicyclic) bond motifs is 1. The van der Waals surface area contributed by atoms with Gasteiger partial charge in [-0.3, -0.25) is 19.6 Å². The predicted molar refractivity (Wildman–Crippen MR) is 72.3 cm³/mol. The minimum atomic E-state index is -0.413. The van der Waals surface area contributed by atoms with Gasteiger partial charge < -0.3 is 5.32 Å². The predicted octanol–water partition coefficient (Wildman–Crippen LogP) is 0.965. The molecule has 1 amide bonds. The van der Waals surface area contributed by atoms with Gasteiger partial charge in [0, 0.05) is 24.1 Å². The molecule has 0 aliphatic rings. The number of aromatic nitrogens is 4. The van der Waals surface area contributed by atoms with Crippen molar-refractivity contribution in [2.24, 2.45) is 0 Å². The molecule has 2 N–H and O–H groups in total. The van der Waals surface area contributed by atoms with Crippen molar-refractivity contribution in [3.05, 3.63) is 58.8 Å². The van der Waals surface area contributed by atoms with E-state index in [4.69, 9.17) is 0 Å². The van der Waals surface area contributed by atoms with Gasteiger partial charge in [-0.25, -0.2) is 5.10 Å². The van der Waals surface area contributed by atoms with E-state index >= 15 is 0 Å². The highest BCUT2D eigenvalue weighted by Crippen LogP contribution is 2.15. The molecule has 0 unspecified atom stereocenters.